The lowest BCUT2D eigenvalue weighted by molar-refractivity contribution is -0.129. The first-order valence-corrected chi connectivity index (χ1v) is 11.1. The van der Waals surface area contributed by atoms with E-state index in [1.54, 1.807) is 18.2 Å². The molecule has 0 saturated heterocycles. The summed E-state index contributed by atoms with van der Waals surface area (Å²) in [5.74, 6) is -0.239. The second-order valence-electron chi connectivity index (χ2n) is 6.72. The van der Waals surface area contributed by atoms with E-state index >= 15 is 0 Å². The second-order valence-corrected chi connectivity index (χ2v) is 8.14. The minimum absolute atomic E-state index is 0.00157. The maximum absolute atomic E-state index is 14.4. The number of nitrogen functional groups attached to an aromatic ring is 1. The molecule has 0 spiro atoms. The smallest absolute Gasteiger partial charge is 0.312 e. The maximum Gasteiger partial charge on any atom is 0.312 e. The van der Waals surface area contributed by atoms with Gasteiger partial charge in [-0.25, -0.2) is 4.39 Å². The van der Waals surface area contributed by atoms with E-state index in [2.05, 4.69) is 10.2 Å². The third-order valence-electron chi connectivity index (χ3n) is 4.35. The number of nitriles is 1. The van der Waals surface area contributed by atoms with E-state index in [9.17, 15) is 9.18 Å². The van der Waals surface area contributed by atoms with Gasteiger partial charge in [-0.15, -0.1) is 16.9 Å². The van der Waals surface area contributed by atoms with Crippen molar-refractivity contribution in [3.05, 3.63) is 64.3 Å². The Morgan fingerprint density at radius 1 is 1.27 bits per heavy atom. The number of amides is 1. The lowest BCUT2D eigenvalue weighted by Crippen LogP contribution is -2.32. The number of carbonyl (C=O) groups is 1. The number of carbonyl (C=O) groups excluding carboxylic acids is 1. The van der Waals surface area contributed by atoms with Crippen molar-refractivity contribution in [2.75, 3.05) is 24.6 Å². The van der Waals surface area contributed by atoms with Gasteiger partial charge in [-0.05, 0) is 30.3 Å². The van der Waals surface area contributed by atoms with Crippen LogP contribution in [0, 0.1) is 17.1 Å². The number of thioether (sulfide) groups is 1. The first kappa shape index (κ1) is 24.3. The van der Waals surface area contributed by atoms with Crippen LogP contribution in [0.3, 0.4) is 0 Å². The summed E-state index contributed by atoms with van der Waals surface area (Å²) in [5, 5.41) is 16.8. The molecular formula is C21H20ClFN6O3S. The van der Waals surface area contributed by atoms with Crippen LogP contribution in [-0.4, -0.2) is 39.9 Å². The van der Waals surface area contributed by atoms with Gasteiger partial charge in [0.05, 0.1) is 29.0 Å². The second kappa shape index (κ2) is 11.5. The van der Waals surface area contributed by atoms with Gasteiger partial charge in [0, 0.05) is 23.5 Å². The van der Waals surface area contributed by atoms with Crippen LogP contribution in [0.2, 0.25) is 5.02 Å². The minimum atomic E-state index is -0.600. The Labute approximate surface area is 198 Å². The number of nitrogens with two attached hydrogens (primary N) is 2. The molecule has 12 heteroatoms. The van der Waals surface area contributed by atoms with Crippen molar-refractivity contribution in [1.29, 1.82) is 5.26 Å². The van der Waals surface area contributed by atoms with E-state index in [-0.39, 0.29) is 47.8 Å². The maximum atomic E-state index is 14.4. The average molecular weight is 491 g/mol. The zero-order valence-electron chi connectivity index (χ0n) is 17.3. The highest BCUT2D eigenvalue weighted by molar-refractivity contribution is 8.00. The summed E-state index contributed by atoms with van der Waals surface area (Å²) >= 11 is 7.46. The summed E-state index contributed by atoms with van der Waals surface area (Å²) < 4.78 is 25.1. The highest BCUT2D eigenvalue weighted by atomic mass is 35.5. The Bertz CT molecular complexity index is 1170. The number of aromatic nitrogens is 2. The highest BCUT2D eigenvalue weighted by Crippen LogP contribution is 2.31. The zero-order valence-corrected chi connectivity index (χ0v) is 18.9. The zero-order chi connectivity index (χ0) is 23.8. The van der Waals surface area contributed by atoms with Crippen molar-refractivity contribution in [1.82, 2.24) is 15.1 Å². The van der Waals surface area contributed by atoms with Crippen LogP contribution in [0.5, 0.6) is 5.75 Å². The molecule has 1 heterocycles. The number of hydrogen-bond donors (Lipinski definition) is 2. The fraction of sp³-hybridized carbons (Fsp3) is 0.238. The molecule has 0 radical (unpaired) electrons. The van der Waals surface area contributed by atoms with Gasteiger partial charge in [0.1, 0.15) is 18.2 Å². The van der Waals surface area contributed by atoms with Crippen molar-refractivity contribution in [2.45, 2.75) is 18.0 Å². The van der Waals surface area contributed by atoms with Gasteiger partial charge in [-0.1, -0.05) is 22.8 Å². The van der Waals surface area contributed by atoms with Crippen LogP contribution < -0.4 is 16.2 Å². The monoisotopic (exact) mass is 490 g/mol. The predicted octanol–water partition coefficient (Wildman–Crippen LogP) is 2.97. The van der Waals surface area contributed by atoms with E-state index in [0.717, 1.165) is 6.07 Å². The van der Waals surface area contributed by atoms with E-state index in [1.165, 1.54) is 28.8 Å². The number of rotatable bonds is 10. The molecule has 0 aliphatic heterocycles. The van der Waals surface area contributed by atoms with E-state index in [4.69, 9.17) is 37.5 Å². The van der Waals surface area contributed by atoms with Crippen LogP contribution in [0.4, 0.5) is 10.4 Å². The summed E-state index contributed by atoms with van der Waals surface area (Å²) in [7, 11) is 0. The van der Waals surface area contributed by atoms with Crippen molar-refractivity contribution in [3.63, 3.8) is 0 Å². The molecule has 0 saturated carbocycles. The van der Waals surface area contributed by atoms with Crippen molar-refractivity contribution < 1.29 is 18.3 Å². The number of benzene rings is 2. The number of halogens is 2. The van der Waals surface area contributed by atoms with Crippen molar-refractivity contribution in [2.24, 2.45) is 5.73 Å². The summed E-state index contributed by atoms with van der Waals surface area (Å²) in [4.78, 5) is 15.1. The molecule has 0 bridgehead atoms. The molecule has 0 atom stereocenters. The SMILES string of the molecule is N#Cc1ccc(CN(Cc2nnc(N)o2)C(=O)CSc2cc(OCCN)ccc2Cl)c(F)c1. The van der Waals surface area contributed by atoms with Crippen molar-refractivity contribution in [3.8, 4) is 11.8 Å². The minimum Gasteiger partial charge on any atom is -0.492 e. The van der Waals surface area contributed by atoms with Gasteiger partial charge in [0.15, 0.2) is 0 Å². The highest BCUT2D eigenvalue weighted by Gasteiger charge is 2.20. The summed E-state index contributed by atoms with van der Waals surface area (Å²) in [6, 6.07) is 10.9. The van der Waals surface area contributed by atoms with Gasteiger partial charge >= 0.3 is 6.01 Å². The number of nitrogens with zero attached hydrogens (tertiary/aromatic N) is 4. The molecule has 3 aromatic rings. The molecule has 172 valence electrons. The topological polar surface area (TPSA) is 144 Å². The van der Waals surface area contributed by atoms with E-state index in [1.807, 2.05) is 6.07 Å². The van der Waals surface area contributed by atoms with Gasteiger partial charge in [0.25, 0.3) is 0 Å². The molecule has 0 aliphatic carbocycles. The first-order valence-electron chi connectivity index (χ1n) is 9.69. The van der Waals surface area contributed by atoms with Gasteiger partial charge in [-0.3, -0.25) is 4.79 Å². The van der Waals surface area contributed by atoms with Gasteiger partial charge < -0.3 is 25.5 Å². The van der Waals surface area contributed by atoms with Crippen LogP contribution >= 0.6 is 23.4 Å². The summed E-state index contributed by atoms with van der Waals surface area (Å²) in [6.07, 6.45) is 0. The molecule has 3 rings (SSSR count). The third kappa shape index (κ3) is 6.82. The molecule has 1 amide bonds. The fourth-order valence-electron chi connectivity index (χ4n) is 2.77. The lowest BCUT2D eigenvalue weighted by atomic mass is 10.1. The van der Waals surface area contributed by atoms with Crippen LogP contribution in [0.25, 0.3) is 0 Å². The Balaban J connectivity index is 1.76. The number of hydrogen-bond acceptors (Lipinski definition) is 9. The molecule has 1 aromatic heterocycles. The van der Waals surface area contributed by atoms with Crippen LogP contribution in [-0.2, 0) is 17.9 Å². The number of ether oxygens (including phenoxy) is 1. The average Bonchev–Trinajstić information content (AvgIpc) is 3.22. The summed E-state index contributed by atoms with van der Waals surface area (Å²) in [6.45, 7) is 0.565. The molecule has 33 heavy (non-hydrogen) atoms. The quantitative estimate of drug-likeness (QED) is 0.409. The third-order valence-corrected chi connectivity index (χ3v) is 5.83. The normalized spacial score (nSPS) is 10.6. The largest absolute Gasteiger partial charge is 0.492 e. The van der Waals surface area contributed by atoms with E-state index < -0.39 is 5.82 Å². The standard InChI is InChI=1S/C21H20ClFN6O3S/c22-16-4-3-15(31-6-5-24)8-18(16)33-12-20(30)29(11-19-27-28-21(26)32-19)10-14-2-1-13(9-25)7-17(14)23/h1-4,7-8H,5-6,10-12,24H2,(H2,26,28). The predicted molar refractivity (Wildman–Crippen MR) is 121 cm³/mol. The first-order chi connectivity index (χ1) is 15.9. The molecular weight excluding hydrogens is 471 g/mol. The van der Waals surface area contributed by atoms with Crippen LogP contribution in [0.15, 0.2) is 45.7 Å². The Kier molecular flexibility index (Phi) is 8.48. The van der Waals surface area contributed by atoms with Crippen LogP contribution in [0.1, 0.15) is 17.0 Å². The molecule has 9 nitrogen and oxygen atoms in total. The van der Waals surface area contributed by atoms with E-state index in [0.29, 0.717) is 28.8 Å². The van der Waals surface area contributed by atoms with Crippen molar-refractivity contribution >= 4 is 35.3 Å². The Morgan fingerprint density at radius 2 is 2.09 bits per heavy atom. The molecule has 0 unspecified atom stereocenters. The Hall–Kier alpha value is -3.33. The summed E-state index contributed by atoms with van der Waals surface area (Å²) in [5.41, 5.74) is 11.3. The molecule has 0 fully saturated rings. The molecule has 4 N–H and O–H groups in total. The lowest BCUT2D eigenvalue weighted by Gasteiger charge is -2.21. The van der Waals surface area contributed by atoms with Gasteiger partial charge in [0.2, 0.25) is 11.8 Å². The fourth-order valence-corrected chi connectivity index (χ4v) is 3.92. The van der Waals surface area contributed by atoms with Gasteiger partial charge in [-0.2, -0.15) is 5.26 Å². The molecule has 0 aliphatic rings. The number of anilines is 1. The molecule has 2 aromatic carbocycles. The Morgan fingerprint density at radius 3 is 2.76 bits per heavy atom.